The zero-order valence-electron chi connectivity index (χ0n) is 18.6. The maximum absolute atomic E-state index is 14.7. The predicted octanol–water partition coefficient (Wildman–Crippen LogP) is 4.65. The smallest absolute Gasteiger partial charge is 0.318 e. The molecule has 3 aromatic heterocycles. The number of nitrogens with zero attached hydrogens (tertiary/aromatic N) is 5. The van der Waals surface area contributed by atoms with Crippen molar-refractivity contribution in [2.45, 2.75) is 75.5 Å². The minimum Gasteiger partial charge on any atom is -0.318 e. The number of carbonyl (C=O) groups excluding carboxylic acids is 1. The fourth-order valence-electron chi connectivity index (χ4n) is 5.73. The largest absolute Gasteiger partial charge is 0.322 e. The molecular formula is C24H28FN7O. The van der Waals surface area contributed by atoms with Crippen molar-refractivity contribution in [3.05, 3.63) is 24.7 Å². The van der Waals surface area contributed by atoms with Gasteiger partial charge < -0.3 is 10.2 Å². The van der Waals surface area contributed by atoms with E-state index in [4.69, 9.17) is 0 Å². The molecule has 33 heavy (non-hydrogen) atoms. The number of aromatic nitrogens is 5. The number of hydrogen-bond donors (Lipinski definition) is 2. The van der Waals surface area contributed by atoms with Gasteiger partial charge in [0.05, 0.1) is 35.8 Å². The van der Waals surface area contributed by atoms with Crippen molar-refractivity contribution in [3.8, 4) is 11.4 Å². The van der Waals surface area contributed by atoms with Crippen molar-refractivity contribution in [1.29, 1.82) is 0 Å². The van der Waals surface area contributed by atoms with Crippen molar-refractivity contribution in [1.82, 2.24) is 29.9 Å². The van der Waals surface area contributed by atoms with Crippen molar-refractivity contribution in [3.63, 3.8) is 0 Å². The molecule has 0 bridgehead atoms. The lowest BCUT2D eigenvalue weighted by Gasteiger charge is -2.40. The normalized spacial score (nSPS) is 23.6. The van der Waals surface area contributed by atoms with Gasteiger partial charge in [-0.2, -0.15) is 10.2 Å². The monoisotopic (exact) mass is 449 g/mol. The number of fused-ring (bicyclic) bond motifs is 1. The lowest BCUT2D eigenvalue weighted by Crippen LogP contribution is -2.51. The maximum Gasteiger partial charge on any atom is 0.322 e. The zero-order valence-corrected chi connectivity index (χ0v) is 18.6. The van der Waals surface area contributed by atoms with E-state index in [-0.39, 0.29) is 18.1 Å². The van der Waals surface area contributed by atoms with E-state index in [0.717, 1.165) is 43.1 Å². The van der Waals surface area contributed by atoms with Gasteiger partial charge >= 0.3 is 6.03 Å². The summed E-state index contributed by atoms with van der Waals surface area (Å²) in [5.74, 6) is 0. The maximum atomic E-state index is 14.7. The van der Waals surface area contributed by atoms with Gasteiger partial charge in [0, 0.05) is 23.7 Å². The van der Waals surface area contributed by atoms with Gasteiger partial charge in [0.25, 0.3) is 0 Å². The number of halogens is 1. The summed E-state index contributed by atoms with van der Waals surface area (Å²) >= 11 is 0. The van der Waals surface area contributed by atoms with Crippen LogP contribution in [0.15, 0.2) is 24.7 Å². The molecule has 2 spiro atoms. The molecule has 2 N–H and O–H groups in total. The lowest BCUT2D eigenvalue weighted by molar-refractivity contribution is 0.0418. The molecule has 3 aromatic rings. The number of amides is 2. The first kappa shape index (κ1) is 19.5. The third-order valence-corrected chi connectivity index (χ3v) is 8.56. The van der Waals surface area contributed by atoms with Crippen molar-refractivity contribution in [2.24, 2.45) is 5.41 Å². The number of carbonyl (C=O) groups is 1. The summed E-state index contributed by atoms with van der Waals surface area (Å²) in [7, 11) is 0. The SMILES string of the molecule is O=C(Nc1cn[nH]c1-c1cc2c(cn1)cnn2CC1(F)CCC1)N1CC2(CC2)CCC12CC2. The number of rotatable bonds is 4. The van der Waals surface area contributed by atoms with Gasteiger partial charge in [-0.05, 0) is 69.3 Å². The van der Waals surface area contributed by atoms with Gasteiger partial charge in [-0.15, -0.1) is 0 Å². The highest BCUT2D eigenvalue weighted by Gasteiger charge is 2.59. The minimum atomic E-state index is -1.17. The third kappa shape index (κ3) is 3.15. The Balaban J connectivity index is 1.16. The van der Waals surface area contributed by atoms with Crippen LogP contribution in [0.2, 0.25) is 0 Å². The first-order valence-corrected chi connectivity index (χ1v) is 12.1. The summed E-state index contributed by atoms with van der Waals surface area (Å²) in [5.41, 5.74) is 2.02. The first-order chi connectivity index (χ1) is 16.0. The molecule has 1 aliphatic heterocycles. The summed E-state index contributed by atoms with van der Waals surface area (Å²) < 4.78 is 16.5. The van der Waals surface area contributed by atoms with Crippen LogP contribution in [0.25, 0.3) is 22.3 Å². The number of urea groups is 1. The van der Waals surface area contributed by atoms with E-state index in [2.05, 4.69) is 30.5 Å². The Bertz CT molecular complexity index is 1250. The van der Waals surface area contributed by atoms with E-state index in [1.165, 1.54) is 19.3 Å². The summed E-state index contributed by atoms with van der Waals surface area (Å²) in [6.45, 7) is 1.12. The van der Waals surface area contributed by atoms with Gasteiger partial charge in [0.15, 0.2) is 0 Å². The molecule has 4 aliphatic rings. The van der Waals surface area contributed by atoms with E-state index < -0.39 is 5.67 Å². The second kappa shape index (κ2) is 6.55. The molecule has 8 nitrogen and oxygen atoms in total. The molecule has 0 aromatic carbocycles. The zero-order chi connectivity index (χ0) is 22.3. The summed E-state index contributed by atoms with van der Waals surface area (Å²) in [6, 6.07) is 1.85. The number of piperidine rings is 1. The molecule has 2 amide bonds. The fraction of sp³-hybridized carbons (Fsp3) is 0.583. The number of anilines is 1. The fourth-order valence-corrected chi connectivity index (χ4v) is 5.73. The number of hydrogen-bond acceptors (Lipinski definition) is 4. The van der Waals surface area contributed by atoms with E-state index >= 15 is 0 Å². The molecule has 3 aliphatic carbocycles. The Kier molecular flexibility index (Phi) is 3.87. The number of H-pyrrole nitrogens is 1. The van der Waals surface area contributed by atoms with Crippen molar-refractivity contribution in [2.75, 3.05) is 11.9 Å². The highest BCUT2D eigenvalue weighted by Crippen LogP contribution is 2.60. The number of likely N-dealkylation sites (tertiary alicyclic amines) is 1. The van der Waals surface area contributed by atoms with Crippen LogP contribution in [-0.4, -0.2) is 53.6 Å². The topological polar surface area (TPSA) is 91.7 Å². The Morgan fingerprint density at radius 3 is 2.61 bits per heavy atom. The molecule has 0 radical (unpaired) electrons. The van der Waals surface area contributed by atoms with Crippen molar-refractivity contribution < 1.29 is 9.18 Å². The van der Waals surface area contributed by atoms with Crippen LogP contribution < -0.4 is 5.32 Å². The van der Waals surface area contributed by atoms with E-state index in [0.29, 0.717) is 35.3 Å². The molecule has 1 saturated heterocycles. The third-order valence-electron chi connectivity index (χ3n) is 8.56. The molecule has 4 fully saturated rings. The average Bonchev–Trinajstić information content (AvgIpc) is 3.65. The second-order valence-corrected chi connectivity index (χ2v) is 10.8. The second-order valence-electron chi connectivity index (χ2n) is 10.8. The molecule has 172 valence electrons. The predicted molar refractivity (Wildman–Crippen MR) is 121 cm³/mol. The van der Waals surface area contributed by atoms with Gasteiger partial charge in [-0.1, -0.05) is 0 Å². The number of nitrogens with one attached hydrogen (secondary N) is 2. The Morgan fingerprint density at radius 1 is 1.09 bits per heavy atom. The van der Waals surface area contributed by atoms with Crippen LogP contribution in [0, 0.1) is 5.41 Å². The molecule has 9 heteroatoms. The Morgan fingerprint density at radius 2 is 1.88 bits per heavy atom. The van der Waals surface area contributed by atoms with Crippen LogP contribution in [0.5, 0.6) is 0 Å². The molecular weight excluding hydrogens is 421 g/mol. The highest BCUT2D eigenvalue weighted by atomic mass is 19.1. The van der Waals surface area contributed by atoms with Gasteiger partial charge in [0.1, 0.15) is 11.4 Å². The Labute approximate surface area is 190 Å². The van der Waals surface area contributed by atoms with Crippen LogP contribution in [-0.2, 0) is 6.54 Å². The molecule has 0 atom stereocenters. The van der Waals surface area contributed by atoms with Crippen LogP contribution >= 0.6 is 0 Å². The van der Waals surface area contributed by atoms with Gasteiger partial charge in [-0.3, -0.25) is 14.8 Å². The highest BCUT2D eigenvalue weighted by molar-refractivity contribution is 5.94. The van der Waals surface area contributed by atoms with Crippen LogP contribution in [0.1, 0.15) is 57.8 Å². The average molecular weight is 450 g/mol. The number of alkyl halides is 1. The van der Waals surface area contributed by atoms with Crippen LogP contribution in [0.3, 0.4) is 0 Å². The first-order valence-electron chi connectivity index (χ1n) is 12.1. The summed E-state index contributed by atoms with van der Waals surface area (Å²) in [5, 5.41) is 15.5. The number of pyridine rings is 1. The van der Waals surface area contributed by atoms with E-state index in [1.807, 2.05) is 6.07 Å². The molecule has 4 heterocycles. The quantitative estimate of drug-likeness (QED) is 0.606. The van der Waals surface area contributed by atoms with Gasteiger partial charge in [0.2, 0.25) is 0 Å². The molecule has 3 saturated carbocycles. The lowest BCUT2D eigenvalue weighted by atomic mass is 9.82. The summed E-state index contributed by atoms with van der Waals surface area (Å²) in [6.07, 6.45) is 14.3. The van der Waals surface area contributed by atoms with Gasteiger partial charge in [-0.25, -0.2) is 9.18 Å². The van der Waals surface area contributed by atoms with Crippen LogP contribution in [0.4, 0.5) is 14.9 Å². The standard InChI is InChI=1S/C24H28FN7O/c25-23(2-1-3-23)15-32-19-10-17(26-11-16(19)12-28-32)20-18(13-27-30-20)29-21(33)31-14-22(4-5-22)6-7-24(31)8-9-24/h10-13H,1-9,14-15H2,(H,27,30)(H,29,33). The Hall–Kier alpha value is -2.97. The molecule has 7 rings (SSSR count). The van der Waals surface area contributed by atoms with E-state index in [1.54, 1.807) is 23.3 Å². The van der Waals surface area contributed by atoms with E-state index in [9.17, 15) is 9.18 Å². The van der Waals surface area contributed by atoms with Crippen molar-refractivity contribution >= 4 is 22.6 Å². The minimum absolute atomic E-state index is 0.0448. The summed E-state index contributed by atoms with van der Waals surface area (Å²) in [4.78, 5) is 20.0. The number of aromatic amines is 1. The molecule has 0 unspecified atom stereocenters.